The molecule has 0 spiro atoms. The van der Waals surface area contributed by atoms with Crippen molar-refractivity contribution in [1.29, 1.82) is 0 Å². The lowest BCUT2D eigenvalue weighted by Crippen LogP contribution is -1.98. The fraction of sp³-hybridized carbons (Fsp3) is 0. The molecule has 10 nitrogen and oxygen atoms in total. The third-order valence-electron chi connectivity index (χ3n) is 11.4. The third kappa shape index (κ3) is 6.63. The van der Waals surface area contributed by atoms with E-state index in [-0.39, 0.29) is 0 Å². The lowest BCUT2D eigenvalue weighted by molar-refractivity contribution is 0.482. The summed E-state index contributed by atoms with van der Waals surface area (Å²) in [6.45, 7) is 0. The Labute approximate surface area is 367 Å². The van der Waals surface area contributed by atoms with E-state index in [1.807, 2.05) is 119 Å². The smallest absolute Gasteiger partial charge is 0.138 e. The van der Waals surface area contributed by atoms with Gasteiger partial charge in [-0.2, -0.15) is 10.2 Å². The van der Waals surface area contributed by atoms with Crippen LogP contribution in [0.2, 0.25) is 0 Å². The Hall–Kier alpha value is -9.02. The Morgan fingerprint density at radius 3 is 1.23 bits per heavy atom. The standard InChI is InChI=1S/C54H36N8O2/c1-3-11-37(12-4-1)39-23-27-55-51(31-39)61-49-35-45(63-43-17-7-15-41(33-43)59-29-9-25-57-59)19-21-47(49)54-53(61)48-22-20-46(64-44-18-8-16-42(34-44)60-30-10-26-58-60)36-50(48)62(54)52-32-40(24-28-56-52)38-13-5-2-6-14-38/h1-36H. The molecule has 0 fully saturated rings. The number of benzene rings is 6. The quantitative estimate of drug-likeness (QED) is 0.136. The van der Waals surface area contributed by atoms with Gasteiger partial charge in [0.1, 0.15) is 34.6 Å². The molecule has 0 N–H and O–H groups in total. The van der Waals surface area contributed by atoms with E-state index in [2.05, 4.69) is 116 Å². The number of fused-ring (bicyclic) bond motifs is 5. The maximum atomic E-state index is 6.64. The molecule has 0 amide bonds. The van der Waals surface area contributed by atoms with Crippen molar-refractivity contribution in [3.05, 3.63) is 219 Å². The molecule has 10 heteroatoms. The first-order valence-electron chi connectivity index (χ1n) is 20.9. The van der Waals surface area contributed by atoms with Gasteiger partial charge in [-0.3, -0.25) is 9.13 Å². The fourth-order valence-corrected chi connectivity index (χ4v) is 8.54. The first-order valence-corrected chi connectivity index (χ1v) is 20.9. The molecule has 0 saturated heterocycles. The molecule has 0 radical (unpaired) electrons. The Morgan fingerprint density at radius 2 is 0.797 bits per heavy atom. The van der Waals surface area contributed by atoms with Crippen molar-refractivity contribution in [2.45, 2.75) is 0 Å². The van der Waals surface area contributed by atoms with E-state index in [1.54, 1.807) is 12.4 Å². The highest BCUT2D eigenvalue weighted by molar-refractivity contribution is 6.20. The van der Waals surface area contributed by atoms with Crippen LogP contribution in [0, 0.1) is 0 Å². The minimum atomic E-state index is 0.679. The van der Waals surface area contributed by atoms with E-state index in [4.69, 9.17) is 19.4 Å². The Bertz CT molecular complexity index is 3370. The van der Waals surface area contributed by atoms with Gasteiger partial charge in [0.2, 0.25) is 0 Å². The summed E-state index contributed by atoms with van der Waals surface area (Å²) in [4.78, 5) is 10.1. The van der Waals surface area contributed by atoms with Crippen molar-refractivity contribution in [3.8, 4) is 68.3 Å². The van der Waals surface area contributed by atoms with Gasteiger partial charge in [-0.15, -0.1) is 0 Å². The number of hydrogen-bond acceptors (Lipinski definition) is 6. The summed E-state index contributed by atoms with van der Waals surface area (Å²) >= 11 is 0. The lowest BCUT2D eigenvalue weighted by Gasteiger charge is -2.13. The monoisotopic (exact) mass is 828 g/mol. The molecule has 12 aromatic rings. The molecule has 0 bridgehead atoms. The van der Waals surface area contributed by atoms with Gasteiger partial charge in [0.05, 0.1) is 33.4 Å². The third-order valence-corrected chi connectivity index (χ3v) is 11.4. The van der Waals surface area contributed by atoms with Crippen LogP contribution in [0.4, 0.5) is 0 Å². The number of aromatic nitrogens is 8. The molecule has 0 aliphatic carbocycles. The van der Waals surface area contributed by atoms with Crippen LogP contribution < -0.4 is 9.47 Å². The van der Waals surface area contributed by atoms with Crippen molar-refractivity contribution < 1.29 is 9.47 Å². The molecule has 0 saturated carbocycles. The van der Waals surface area contributed by atoms with Gasteiger partial charge < -0.3 is 9.47 Å². The average molecular weight is 829 g/mol. The maximum Gasteiger partial charge on any atom is 0.138 e. The summed E-state index contributed by atoms with van der Waals surface area (Å²) < 4.78 is 21.4. The van der Waals surface area contributed by atoms with Gasteiger partial charge in [-0.05, 0) is 107 Å². The molecule has 0 atom stereocenters. The van der Waals surface area contributed by atoms with Crippen LogP contribution >= 0.6 is 0 Å². The van der Waals surface area contributed by atoms with Crippen molar-refractivity contribution in [1.82, 2.24) is 38.7 Å². The molecule has 6 aromatic heterocycles. The Balaban J connectivity index is 1.09. The second kappa shape index (κ2) is 15.5. The van der Waals surface area contributed by atoms with Gasteiger partial charge >= 0.3 is 0 Å². The van der Waals surface area contributed by atoms with Crippen molar-refractivity contribution in [2.75, 3.05) is 0 Å². The van der Waals surface area contributed by atoms with E-state index in [0.717, 1.165) is 78.1 Å². The van der Waals surface area contributed by atoms with Gasteiger partial charge in [-0.1, -0.05) is 72.8 Å². The van der Waals surface area contributed by atoms with E-state index >= 15 is 0 Å². The normalized spacial score (nSPS) is 11.4. The van der Waals surface area contributed by atoms with Crippen LogP contribution in [0.3, 0.4) is 0 Å². The van der Waals surface area contributed by atoms with E-state index in [1.165, 1.54) is 0 Å². The second-order valence-corrected chi connectivity index (χ2v) is 15.4. The summed E-state index contributed by atoms with van der Waals surface area (Å²) in [5.74, 6) is 4.27. The van der Waals surface area contributed by atoms with Crippen molar-refractivity contribution in [2.24, 2.45) is 0 Å². The predicted molar refractivity (Wildman–Crippen MR) is 251 cm³/mol. The van der Waals surface area contributed by atoms with E-state index in [9.17, 15) is 0 Å². The largest absolute Gasteiger partial charge is 0.457 e. The number of pyridine rings is 2. The van der Waals surface area contributed by atoms with Crippen LogP contribution in [0.1, 0.15) is 0 Å². The van der Waals surface area contributed by atoms with Crippen LogP contribution in [-0.4, -0.2) is 38.7 Å². The van der Waals surface area contributed by atoms with Crippen molar-refractivity contribution in [3.63, 3.8) is 0 Å². The maximum absolute atomic E-state index is 6.64. The first-order chi connectivity index (χ1) is 31.7. The summed E-state index contributed by atoms with van der Waals surface area (Å²) in [6, 6.07) is 61.3. The summed E-state index contributed by atoms with van der Waals surface area (Å²) in [6.07, 6.45) is 11.1. The predicted octanol–water partition coefficient (Wildman–Crippen LogP) is 12.8. The molecule has 0 unspecified atom stereocenters. The Morgan fingerprint density at radius 1 is 0.344 bits per heavy atom. The lowest BCUT2D eigenvalue weighted by atomic mass is 10.1. The molecule has 0 aliphatic heterocycles. The highest BCUT2D eigenvalue weighted by atomic mass is 16.5. The van der Waals surface area contributed by atoms with Gasteiger partial charge in [0, 0.05) is 72.2 Å². The SMILES string of the molecule is c1ccc(-c2ccnc(-n3c4cc(Oc5cccc(-n6cccn6)c5)ccc4c4c3c3ccc(Oc5cccc(-n6cccn6)c5)cc3n4-c3cc(-c4ccccc4)ccn3)c2)cc1. The minimum absolute atomic E-state index is 0.679. The Kier molecular flexibility index (Phi) is 8.89. The molecule has 304 valence electrons. The highest BCUT2D eigenvalue weighted by Gasteiger charge is 2.25. The fourth-order valence-electron chi connectivity index (χ4n) is 8.54. The zero-order chi connectivity index (χ0) is 42.4. The number of nitrogens with zero attached hydrogens (tertiary/aromatic N) is 8. The van der Waals surface area contributed by atoms with Crippen LogP contribution in [-0.2, 0) is 0 Å². The topological polar surface area (TPSA) is 89.7 Å². The zero-order valence-electron chi connectivity index (χ0n) is 34.2. The number of hydrogen-bond donors (Lipinski definition) is 0. The highest BCUT2D eigenvalue weighted by Crippen LogP contribution is 2.43. The van der Waals surface area contributed by atoms with Crippen LogP contribution in [0.5, 0.6) is 23.0 Å². The summed E-state index contributed by atoms with van der Waals surface area (Å²) in [5, 5.41) is 10.8. The molecule has 12 rings (SSSR count). The second-order valence-electron chi connectivity index (χ2n) is 15.4. The molecular formula is C54H36N8O2. The number of ether oxygens (including phenoxy) is 2. The van der Waals surface area contributed by atoms with E-state index < -0.39 is 0 Å². The van der Waals surface area contributed by atoms with Gasteiger partial charge in [0.25, 0.3) is 0 Å². The summed E-state index contributed by atoms with van der Waals surface area (Å²) in [7, 11) is 0. The van der Waals surface area contributed by atoms with Gasteiger partial charge in [0.15, 0.2) is 0 Å². The molecule has 64 heavy (non-hydrogen) atoms. The molecule has 6 aromatic carbocycles. The first kappa shape index (κ1) is 36.8. The van der Waals surface area contributed by atoms with Gasteiger partial charge in [-0.25, -0.2) is 19.3 Å². The summed E-state index contributed by atoms with van der Waals surface area (Å²) in [5.41, 5.74) is 9.90. The minimum Gasteiger partial charge on any atom is -0.457 e. The average Bonchev–Trinajstić information content (AvgIpc) is 4.19. The van der Waals surface area contributed by atoms with E-state index in [0.29, 0.717) is 23.0 Å². The number of rotatable bonds is 10. The molecule has 0 aliphatic rings. The van der Waals surface area contributed by atoms with Crippen LogP contribution in [0.25, 0.3) is 78.1 Å². The molecular weight excluding hydrogens is 793 g/mol. The van der Waals surface area contributed by atoms with Crippen LogP contribution in [0.15, 0.2) is 219 Å². The molecule has 6 heterocycles. The van der Waals surface area contributed by atoms with Crippen molar-refractivity contribution >= 4 is 32.8 Å². The zero-order valence-corrected chi connectivity index (χ0v) is 34.2.